The molecule has 1 aromatic heterocycles. The zero-order chi connectivity index (χ0) is 16.8. The van der Waals surface area contributed by atoms with Gasteiger partial charge in [-0.05, 0) is 38.1 Å². The Morgan fingerprint density at radius 2 is 2.12 bits per heavy atom. The first-order valence-electron chi connectivity index (χ1n) is 8.53. The second-order valence-corrected chi connectivity index (χ2v) is 6.42. The molecule has 2 aliphatic rings. The average molecular weight is 334 g/mol. The Bertz CT molecular complexity index is 532. The van der Waals surface area contributed by atoms with Crippen LogP contribution in [0.2, 0.25) is 0 Å². The summed E-state index contributed by atoms with van der Waals surface area (Å²) in [5, 5.41) is 6.31. The largest absolute Gasteiger partial charge is 0.384 e. The summed E-state index contributed by atoms with van der Waals surface area (Å²) < 4.78 is 10.7. The number of piperidine rings is 1. The minimum atomic E-state index is -0.455. The molecule has 0 radical (unpaired) electrons. The van der Waals surface area contributed by atoms with Crippen LogP contribution in [0.25, 0.3) is 0 Å². The predicted molar refractivity (Wildman–Crippen MR) is 92.3 cm³/mol. The van der Waals surface area contributed by atoms with E-state index in [2.05, 4.69) is 20.5 Å². The van der Waals surface area contributed by atoms with Gasteiger partial charge in [-0.1, -0.05) is 0 Å². The maximum absolute atomic E-state index is 12.8. The van der Waals surface area contributed by atoms with Crippen LogP contribution in [0.4, 0.5) is 11.5 Å². The highest BCUT2D eigenvalue weighted by molar-refractivity contribution is 5.95. The smallest absolute Gasteiger partial charge is 0.233 e. The Kier molecular flexibility index (Phi) is 5.65. The van der Waals surface area contributed by atoms with E-state index in [4.69, 9.17) is 9.47 Å². The standard InChI is InChI=1S/C17H26N4O3/c1-23-13-17(4-6-18-7-5-17)16(22)20-14-2-3-15(19-12-14)21-8-10-24-11-9-21/h2-3,12,18H,4-11,13H2,1H3,(H,20,22). The summed E-state index contributed by atoms with van der Waals surface area (Å²) in [6, 6.07) is 3.86. The van der Waals surface area contributed by atoms with E-state index in [1.54, 1.807) is 13.3 Å². The molecule has 1 amide bonds. The van der Waals surface area contributed by atoms with Crippen LogP contribution < -0.4 is 15.5 Å². The Morgan fingerprint density at radius 1 is 1.38 bits per heavy atom. The van der Waals surface area contributed by atoms with Crippen molar-refractivity contribution < 1.29 is 14.3 Å². The summed E-state index contributed by atoms with van der Waals surface area (Å²) in [6.45, 7) is 5.28. The van der Waals surface area contributed by atoms with Crippen LogP contribution >= 0.6 is 0 Å². The van der Waals surface area contributed by atoms with Crippen molar-refractivity contribution in [2.24, 2.45) is 5.41 Å². The number of anilines is 2. The van der Waals surface area contributed by atoms with E-state index in [1.165, 1.54) is 0 Å². The fourth-order valence-electron chi connectivity index (χ4n) is 3.32. The van der Waals surface area contributed by atoms with Gasteiger partial charge in [0.2, 0.25) is 5.91 Å². The van der Waals surface area contributed by atoms with Crippen molar-refractivity contribution in [1.82, 2.24) is 10.3 Å². The molecule has 7 heteroatoms. The number of nitrogens with zero attached hydrogens (tertiary/aromatic N) is 2. The number of methoxy groups -OCH3 is 1. The van der Waals surface area contributed by atoms with E-state index >= 15 is 0 Å². The van der Waals surface area contributed by atoms with Gasteiger partial charge in [0.25, 0.3) is 0 Å². The number of amides is 1. The van der Waals surface area contributed by atoms with Gasteiger partial charge in [-0.2, -0.15) is 0 Å². The van der Waals surface area contributed by atoms with Crippen molar-refractivity contribution >= 4 is 17.4 Å². The summed E-state index contributed by atoms with van der Waals surface area (Å²) in [5.74, 6) is 0.941. The van der Waals surface area contributed by atoms with Gasteiger partial charge in [0.15, 0.2) is 0 Å². The van der Waals surface area contributed by atoms with Crippen LogP contribution in [0.15, 0.2) is 18.3 Å². The van der Waals surface area contributed by atoms with Crippen LogP contribution in [-0.2, 0) is 14.3 Å². The van der Waals surface area contributed by atoms with Crippen molar-refractivity contribution in [3.8, 4) is 0 Å². The summed E-state index contributed by atoms with van der Waals surface area (Å²) in [6.07, 6.45) is 3.29. The minimum absolute atomic E-state index is 0.0202. The van der Waals surface area contributed by atoms with E-state index in [1.807, 2.05) is 12.1 Å². The first-order valence-corrected chi connectivity index (χ1v) is 8.53. The first-order chi connectivity index (χ1) is 11.7. The molecule has 2 aliphatic heterocycles. The predicted octanol–water partition coefficient (Wildman–Crippen LogP) is 0.873. The van der Waals surface area contributed by atoms with Crippen LogP contribution in [-0.4, -0.2) is 64.0 Å². The monoisotopic (exact) mass is 334 g/mol. The average Bonchev–Trinajstić information content (AvgIpc) is 2.64. The molecule has 0 aliphatic carbocycles. The van der Waals surface area contributed by atoms with Gasteiger partial charge in [-0.15, -0.1) is 0 Å². The van der Waals surface area contributed by atoms with Crippen molar-refractivity contribution in [2.45, 2.75) is 12.8 Å². The summed E-state index contributed by atoms with van der Waals surface area (Å²) in [5.41, 5.74) is 0.272. The number of hydrogen-bond acceptors (Lipinski definition) is 6. The molecule has 0 aromatic carbocycles. The van der Waals surface area contributed by atoms with Crippen molar-refractivity contribution in [2.75, 3.05) is 63.3 Å². The van der Waals surface area contributed by atoms with Crippen molar-refractivity contribution in [3.63, 3.8) is 0 Å². The maximum atomic E-state index is 12.8. The van der Waals surface area contributed by atoms with E-state index in [0.717, 1.165) is 63.7 Å². The highest BCUT2D eigenvalue weighted by Crippen LogP contribution is 2.31. The number of aromatic nitrogens is 1. The highest BCUT2D eigenvalue weighted by Gasteiger charge is 2.39. The molecule has 0 spiro atoms. The number of pyridine rings is 1. The van der Waals surface area contributed by atoms with Gasteiger partial charge in [0.1, 0.15) is 5.82 Å². The van der Waals surface area contributed by atoms with Crippen molar-refractivity contribution in [1.29, 1.82) is 0 Å². The third-order valence-electron chi connectivity index (χ3n) is 4.80. The lowest BCUT2D eigenvalue weighted by molar-refractivity contribution is -0.130. The molecule has 7 nitrogen and oxygen atoms in total. The number of rotatable bonds is 5. The SMILES string of the molecule is COCC1(C(=O)Nc2ccc(N3CCOCC3)nc2)CCNCC1. The Balaban J connectivity index is 1.64. The molecule has 24 heavy (non-hydrogen) atoms. The molecule has 0 bridgehead atoms. The molecule has 0 saturated carbocycles. The molecule has 132 valence electrons. The van der Waals surface area contributed by atoms with Crippen LogP contribution in [0, 0.1) is 5.41 Å². The third-order valence-corrected chi connectivity index (χ3v) is 4.80. The number of carbonyl (C=O) groups excluding carboxylic acids is 1. The molecule has 0 atom stereocenters. The van der Waals surface area contributed by atoms with E-state index < -0.39 is 5.41 Å². The molecule has 1 aromatic rings. The Morgan fingerprint density at radius 3 is 2.75 bits per heavy atom. The van der Waals surface area contributed by atoms with Gasteiger partial charge < -0.3 is 25.0 Å². The quantitative estimate of drug-likeness (QED) is 0.832. The van der Waals surface area contributed by atoms with Gasteiger partial charge in [-0.3, -0.25) is 4.79 Å². The maximum Gasteiger partial charge on any atom is 0.233 e. The minimum Gasteiger partial charge on any atom is -0.384 e. The lowest BCUT2D eigenvalue weighted by Gasteiger charge is -2.35. The zero-order valence-corrected chi connectivity index (χ0v) is 14.2. The number of ether oxygens (including phenoxy) is 2. The molecule has 2 saturated heterocycles. The lowest BCUT2D eigenvalue weighted by Crippen LogP contribution is -2.47. The molecule has 3 rings (SSSR count). The molecule has 0 unspecified atom stereocenters. The van der Waals surface area contributed by atoms with E-state index in [9.17, 15) is 4.79 Å². The molecule has 2 fully saturated rings. The van der Waals surface area contributed by atoms with Gasteiger partial charge in [-0.25, -0.2) is 4.98 Å². The first kappa shape index (κ1) is 17.1. The Hall–Kier alpha value is -1.70. The number of nitrogens with one attached hydrogen (secondary N) is 2. The van der Waals surface area contributed by atoms with E-state index in [0.29, 0.717) is 6.61 Å². The summed E-state index contributed by atoms with van der Waals surface area (Å²) >= 11 is 0. The fraction of sp³-hybridized carbons (Fsp3) is 0.647. The highest BCUT2D eigenvalue weighted by atomic mass is 16.5. The van der Waals surface area contributed by atoms with Crippen LogP contribution in [0.5, 0.6) is 0 Å². The zero-order valence-electron chi connectivity index (χ0n) is 14.2. The number of carbonyl (C=O) groups is 1. The molecular formula is C17H26N4O3. The third kappa shape index (κ3) is 3.85. The van der Waals surface area contributed by atoms with E-state index in [-0.39, 0.29) is 5.91 Å². The number of morpholine rings is 1. The second kappa shape index (κ2) is 7.92. The van der Waals surface area contributed by atoms with Gasteiger partial charge in [0.05, 0.1) is 37.1 Å². The van der Waals surface area contributed by atoms with Crippen molar-refractivity contribution in [3.05, 3.63) is 18.3 Å². The second-order valence-electron chi connectivity index (χ2n) is 6.42. The lowest BCUT2D eigenvalue weighted by atomic mass is 9.78. The Labute approximate surface area is 142 Å². The summed E-state index contributed by atoms with van der Waals surface area (Å²) in [7, 11) is 1.65. The number of hydrogen-bond donors (Lipinski definition) is 2. The molecule has 2 N–H and O–H groups in total. The molecular weight excluding hydrogens is 308 g/mol. The topological polar surface area (TPSA) is 75.7 Å². The summed E-state index contributed by atoms with van der Waals surface area (Å²) in [4.78, 5) is 19.5. The van der Waals surface area contributed by atoms with Gasteiger partial charge in [0, 0.05) is 20.2 Å². The van der Waals surface area contributed by atoms with Gasteiger partial charge >= 0.3 is 0 Å². The normalized spacial score (nSPS) is 20.6. The molecule has 3 heterocycles. The van der Waals surface area contributed by atoms with Crippen LogP contribution in [0.1, 0.15) is 12.8 Å². The van der Waals surface area contributed by atoms with Crippen LogP contribution in [0.3, 0.4) is 0 Å². The fourth-order valence-corrected chi connectivity index (χ4v) is 3.32.